The molecule has 3 atom stereocenters. The molecule has 0 aliphatic heterocycles. The first-order valence-electron chi connectivity index (χ1n) is 5.46. The molecule has 74 valence electrons. The topological polar surface area (TPSA) is 17.1 Å². The molecule has 2 aliphatic carbocycles. The van der Waals surface area contributed by atoms with E-state index in [9.17, 15) is 4.79 Å². The molecule has 1 nitrogen and oxygen atoms in total. The molecule has 2 bridgehead atoms. The maximum absolute atomic E-state index is 10.6. The van der Waals surface area contributed by atoms with Crippen LogP contribution in [-0.2, 0) is 4.79 Å². The van der Waals surface area contributed by atoms with Gasteiger partial charge in [-0.1, -0.05) is 20.8 Å². The van der Waals surface area contributed by atoms with E-state index in [2.05, 4.69) is 20.8 Å². The van der Waals surface area contributed by atoms with Gasteiger partial charge >= 0.3 is 0 Å². The molecule has 3 unspecified atom stereocenters. The number of hydrogen-bond donors (Lipinski definition) is 0. The minimum Gasteiger partial charge on any atom is -0.303 e. The Morgan fingerprint density at radius 2 is 2.08 bits per heavy atom. The van der Waals surface area contributed by atoms with E-state index in [1.807, 2.05) is 0 Å². The largest absolute Gasteiger partial charge is 0.303 e. The summed E-state index contributed by atoms with van der Waals surface area (Å²) < 4.78 is 0. The highest BCUT2D eigenvalue weighted by Crippen LogP contribution is 2.68. The molecule has 0 aromatic rings. The Hall–Kier alpha value is -0.330. The van der Waals surface area contributed by atoms with Crippen LogP contribution in [0.15, 0.2) is 0 Å². The smallest absolute Gasteiger partial charge is 0.120 e. The predicted octanol–water partition coefficient (Wildman–Crippen LogP) is 3.04. The lowest BCUT2D eigenvalue weighted by atomic mass is 9.66. The summed E-state index contributed by atoms with van der Waals surface area (Å²) >= 11 is 0. The number of aldehydes is 1. The fourth-order valence-corrected chi connectivity index (χ4v) is 3.84. The molecule has 0 radical (unpaired) electrons. The quantitative estimate of drug-likeness (QED) is 0.597. The molecule has 0 saturated heterocycles. The third-order valence-electron chi connectivity index (χ3n) is 5.36. The van der Waals surface area contributed by atoms with Crippen LogP contribution in [0.5, 0.6) is 0 Å². The third-order valence-corrected chi connectivity index (χ3v) is 5.36. The van der Waals surface area contributed by atoms with Gasteiger partial charge in [0.25, 0.3) is 0 Å². The van der Waals surface area contributed by atoms with Crippen LogP contribution in [-0.4, -0.2) is 6.29 Å². The second kappa shape index (κ2) is 2.59. The molecule has 0 aromatic carbocycles. The Bertz CT molecular complexity index is 231. The summed E-state index contributed by atoms with van der Waals surface area (Å²) in [7, 11) is 0. The zero-order valence-corrected chi connectivity index (χ0v) is 8.97. The van der Waals surface area contributed by atoms with E-state index >= 15 is 0 Å². The molecule has 0 N–H and O–H groups in total. The highest BCUT2D eigenvalue weighted by atomic mass is 16.1. The number of carbonyl (C=O) groups excluding carboxylic acids is 1. The lowest BCUT2D eigenvalue weighted by Crippen LogP contribution is -2.32. The van der Waals surface area contributed by atoms with Crippen LogP contribution in [0.3, 0.4) is 0 Å². The van der Waals surface area contributed by atoms with Crippen molar-refractivity contribution in [1.82, 2.24) is 0 Å². The Labute approximate surface area is 80.9 Å². The van der Waals surface area contributed by atoms with Crippen molar-refractivity contribution < 1.29 is 4.79 Å². The van der Waals surface area contributed by atoms with Gasteiger partial charge in [0.05, 0.1) is 0 Å². The fourth-order valence-electron chi connectivity index (χ4n) is 3.84. The van der Waals surface area contributed by atoms with Gasteiger partial charge in [-0.15, -0.1) is 0 Å². The number of fused-ring (bicyclic) bond motifs is 2. The van der Waals surface area contributed by atoms with Crippen molar-refractivity contribution in [2.75, 3.05) is 0 Å². The van der Waals surface area contributed by atoms with E-state index in [1.165, 1.54) is 19.3 Å². The molecule has 0 aromatic heterocycles. The number of carbonyl (C=O) groups is 1. The highest BCUT2D eigenvalue weighted by Gasteiger charge is 2.60. The van der Waals surface area contributed by atoms with Gasteiger partial charge in [0.15, 0.2) is 0 Å². The van der Waals surface area contributed by atoms with Gasteiger partial charge in [0.1, 0.15) is 6.29 Å². The summed E-state index contributed by atoms with van der Waals surface area (Å²) in [5.41, 5.74) is 0.916. The van der Waals surface area contributed by atoms with Gasteiger partial charge in [-0.3, -0.25) is 0 Å². The Balaban J connectivity index is 2.27. The van der Waals surface area contributed by atoms with Gasteiger partial charge in [-0.25, -0.2) is 0 Å². The standard InChI is InChI=1S/C12H20O/c1-11(2)9-4-6-12(11,3)10(8-9)5-7-13/h7,9-10H,4-6,8H2,1-3H3. The highest BCUT2D eigenvalue weighted by molar-refractivity contribution is 5.50. The van der Waals surface area contributed by atoms with Crippen LogP contribution >= 0.6 is 0 Å². The van der Waals surface area contributed by atoms with E-state index in [0.717, 1.165) is 18.6 Å². The Kier molecular flexibility index (Phi) is 1.84. The van der Waals surface area contributed by atoms with E-state index in [0.29, 0.717) is 16.7 Å². The van der Waals surface area contributed by atoms with E-state index in [1.54, 1.807) is 0 Å². The first-order chi connectivity index (χ1) is 6.02. The third kappa shape index (κ3) is 0.963. The van der Waals surface area contributed by atoms with E-state index in [4.69, 9.17) is 0 Å². The molecule has 2 fully saturated rings. The second-order valence-corrected chi connectivity index (χ2v) is 5.71. The second-order valence-electron chi connectivity index (χ2n) is 5.71. The van der Waals surface area contributed by atoms with Gasteiger partial charge in [0, 0.05) is 6.42 Å². The van der Waals surface area contributed by atoms with Crippen LogP contribution < -0.4 is 0 Å². The van der Waals surface area contributed by atoms with Crippen LogP contribution in [0, 0.1) is 22.7 Å². The van der Waals surface area contributed by atoms with Gasteiger partial charge in [-0.2, -0.15) is 0 Å². The van der Waals surface area contributed by atoms with E-state index in [-0.39, 0.29) is 0 Å². The lowest BCUT2D eigenvalue weighted by molar-refractivity contribution is -0.109. The van der Waals surface area contributed by atoms with Crippen LogP contribution in [0.2, 0.25) is 0 Å². The Morgan fingerprint density at radius 3 is 2.46 bits per heavy atom. The summed E-state index contributed by atoms with van der Waals surface area (Å²) in [6, 6.07) is 0. The van der Waals surface area contributed by atoms with Crippen molar-refractivity contribution in [3.8, 4) is 0 Å². The minimum absolute atomic E-state index is 0.443. The molecular weight excluding hydrogens is 160 g/mol. The van der Waals surface area contributed by atoms with E-state index < -0.39 is 0 Å². The molecule has 0 spiro atoms. The van der Waals surface area contributed by atoms with Crippen molar-refractivity contribution >= 4 is 6.29 Å². The summed E-state index contributed by atoms with van der Waals surface area (Å²) in [6.45, 7) is 7.19. The zero-order valence-electron chi connectivity index (χ0n) is 8.97. The average molecular weight is 180 g/mol. The summed E-state index contributed by atoms with van der Waals surface area (Å²) in [5, 5.41) is 0. The maximum Gasteiger partial charge on any atom is 0.120 e. The monoisotopic (exact) mass is 180 g/mol. The molecule has 2 aliphatic rings. The van der Waals surface area contributed by atoms with Crippen LogP contribution in [0.25, 0.3) is 0 Å². The SMILES string of the molecule is CC1(C)C2CCC1(C)C(CC=O)C2. The summed E-state index contributed by atoms with van der Waals surface area (Å²) in [6.07, 6.45) is 5.92. The first-order valence-corrected chi connectivity index (χ1v) is 5.46. The van der Waals surface area contributed by atoms with Gasteiger partial charge < -0.3 is 4.79 Å². The molecule has 0 amide bonds. The van der Waals surface area contributed by atoms with Crippen molar-refractivity contribution in [3.63, 3.8) is 0 Å². The minimum atomic E-state index is 0.443. The number of hydrogen-bond acceptors (Lipinski definition) is 1. The molecule has 0 heterocycles. The van der Waals surface area contributed by atoms with Crippen molar-refractivity contribution in [3.05, 3.63) is 0 Å². The van der Waals surface area contributed by atoms with Crippen LogP contribution in [0.4, 0.5) is 0 Å². The lowest BCUT2D eigenvalue weighted by Gasteiger charge is -2.38. The summed E-state index contributed by atoms with van der Waals surface area (Å²) in [4.78, 5) is 10.6. The molecular formula is C12H20O. The van der Waals surface area contributed by atoms with Gasteiger partial charge in [-0.05, 0) is 41.9 Å². The van der Waals surface area contributed by atoms with Crippen LogP contribution in [0.1, 0.15) is 46.5 Å². The normalized spacial score (nSPS) is 46.7. The number of rotatable bonds is 2. The van der Waals surface area contributed by atoms with Crippen molar-refractivity contribution in [2.45, 2.75) is 46.5 Å². The van der Waals surface area contributed by atoms with Crippen molar-refractivity contribution in [1.29, 1.82) is 0 Å². The maximum atomic E-state index is 10.6. The van der Waals surface area contributed by atoms with Gasteiger partial charge in [0.2, 0.25) is 0 Å². The fraction of sp³-hybridized carbons (Fsp3) is 0.917. The summed E-state index contributed by atoms with van der Waals surface area (Å²) in [5.74, 6) is 1.54. The molecule has 2 saturated carbocycles. The first kappa shape index (κ1) is 9.23. The predicted molar refractivity (Wildman–Crippen MR) is 53.4 cm³/mol. The zero-order chi connectivity index (χ0) is 9.69. The average Bonchev–Trinajstić information content (AvgIpc) is 2.37. The molecule has 1 heteroatoms. The van der Waals surface area contributed by atoms with Crippen molar-refractivity contribution in [2.24, 2.45) is 22.7 Å². The molecule has 13 heavy (non-hydrogen) atoms. The Morgan fingerprint density at radius 1 is 1.38 bits per heavy atom. The molecule has 2 rings (SSSR count).